The second-order valence-electron chi connectivity index (χ2n) is 6.75. The van der Waals surface area contributed by atoms with Gasteiger partial charge in [-0.3, -0.25) is 9.69 Å². The van der Waals surface area contributed by atoms with E-state index in [-0.39, 0.29) is 19.0 Å². The van der Waals surface area contributed by atoms with Crippen molar-refractivity contribution in [1.29, 1.82) is 5.26 Å². The van der Waals surface area contributed by atoms with Gasteiger partial charge in [0.05, 0.1) is 22.9 Å². The molecular weight excluding hydrogens is 399 g/mol. The molecule has 1 atom stereocenters. The average molecular weight is 417 g/mol. The zero-order valence-corrected chi connectivity index (χ0v) is 16.2. The van der Waals surface area contributed by atoms with Gasteiger partial charge in [0.15, 0.2) is 0 Å². The van der Waals surface area contributed by atoms with E-state index in [1.54, 1.807) is 37.3 Å². The second-order valence-corrected chi connectivity index (χ2v) is 6.75. The Kier molecular flexibility index (Phi) is 5.55. The van der Waals surface area contributed by atoms with Crippen molar-refractivity contribution in [2.24, 2.45) is 0 Å². The number of imide groups is 1. The van der Waals surface area contributed by atoms with E-state index in [0.29, 0.717) is 16.5 Å². The maximum atomic E-state index is 13.4. The largest absolute Gasteiger partial charge is 0.417 e. The highest BCUT2D eigenvalue weighted by atomic mass is 19.4. The van der Waals surface area contributed by atoms with Crippen LogP contribution in [0.4, 0.5) is 23.7 Å². The fourth-order valence-corrected chi connectivity index (χ4v) is 3.37. The number of hydrogen-bond acceptors (Lipinski definition) is 4. The SMILES string of the molecule is CCOCN1C(=O)N(c2ccc(C#N)c(C(F)(F)F)c2)C(=O)C1(C)c1ccccc1. The molecule has 0 bridgehead atoms. The molecule has 0 saturated carbocycles. The number of benzene rings is 2. The molecule has 2 aromatic rings. The predicted molar refractivity (Wildman–Crippen MR) is 101 cm³/mol. The fourth-order valence-electron chi connectivity index (χ4n) is 3.37. The number of amides is 3. The molecule has 3 amide bonds. The molecule has 1 fully saturated rings. The van der Waals surface area contributed by atoms with E-state index in [2.05, 4.69) is 0 Å². The summed E-state index contributed by atoms with van der Waals surface area (Å²) in [5, 5.41) is 8.99. The summed E-state index contributed by atoms with van der Waals surface area (Å²) in [6.07, 6.45) is -4.82. The fraction of sp³-hybridized carbons (Fsp3) is 0.286. The minimum absolute atomic E-state index is 0.217. The molecule has 0 radical (unpaired) electrons. The Labute approximate surface area is 171 Å². The highest BCUT2D eigenvalue weighted by Crippen LogP contribution is 2.41. The minimum atomic E-state index is -4.82. The second kappa shape index (κ2) is 7.80. The standard InChI is InChI=1S/C21H18F3N3O3/c1-3-30-13-26-19(29)27(18(28)20(26,2)15-7-5-4-6-8-15)16-10-9-14(12-25)17(11-16)21(22,23)24/h4-11H,3,13H2,1-2H3. The molecule has 9 heteroatoms. The molecule has 0 spiro atoms. The first-order valence-corrected chi connectivity index (χ1v) is 9.07. The lowest BCUT2D eigenvalue weighted by Gasteiger charge is -2.31. The van der Waals surface area contributed by atoms with E-state index in [0.717, 1.165) is 12.1 Å². The van der Waals surface area contributed by atoms with Crippen LogP contribution in [0.2, 0.25) is 0 Å². The van der Waals surface area contributed by atoms with E-state index < -0.39 is 34.8 Å². The molecule has 1 aliphatic heterocycles. The van der Waals surface area contributed by atoms with Crippen LogP contribution in [-0.4, -0.2) is 30.2 Å². The van der Waals surface area contributed by atoms with Crippen LogP contribution in [0, 0.1) is 11.3 Å². The van der Waals surface area contributed by atoms with E-state index in [1.165, 1.54) is 17.9 Å². The third-order valence-corrected chi connectivity index (χ3v) is 5.03. The highest BCUT2D eigenvalue weighted by molar-refractivity contribution is 6.23. The van der Waals surface area contributed by atoms with Crippen LogP contribution in [0.15, 0.2) is 48.5 Å². The van der Waals surface area contributed by atoms with Crippen molar-refractivity contribution in [3.8, 4) is 6.07 Å². The first kappa shape index (κ1) is 21.3. The van der Waals surface area contributed by atoms with Gasteiger partial charge in [0, 0.05) is 6.61 Å². The first-order valence-electron chi connectivity index (χ1n) is 9.07. The topological polar surface area (TPSA) is 73.6 Å². The number of nitrogens with zero attached hydrogens (tertiary/aromatic N) is 3. The van der Waals surface area contributed by atoms with E-state index in [9.17, 15) is 22.8 Å². The van der Waals surface area contributed by atoms with Crippen LogP contribution in [0.3, 0.4) is 0 Å². The smallest absolute Gasteiger partial charge is 0.361 e. The number of carbonyl (C=O) groups is 2. The monoisotopic (exact) mass is 417 g/mol. The lowest BCUT2D eigenvalue weighted by atomic mass is 9.90. The Balaban J connectivity index is 2.14. The molecule has 6 nitrogen and oxygen atoms in total. The first-order chi connectivity index (χ1) is 14.2. The van der Waals surface area contributed by atoms with Crippen LogP contribution >= 0.6 is 0 Å². The van der Waals surface area contributed by atoms with Gasteiger partial charge in [0.25, 0.3) is 5.91 Å². The molecule has 1 unspecified atom stereocenters. The summed E-state index contributed by atoms with van der Waals surface area (Å²) < 4.78 is 45.5. The van der Waals surface area contributed by atoms with Crippen molar-refractivity contribution in [3.05, 3.63) is 65.2 Å². The zero-order valence-electron chi connectivity index (χ0n) is 16.2. The Morgan fingerprint density at radius 3 is 2.37 bits per heavy atom. The number of ether oxygens (including phenoxy) is 1. The van der Waals surface area contributed by atoms with Crippen LogP contribution in [0.25, 0.3) is 0 Å². The van der Waals surface area contributed by atoms with Gasteiger partial charge < -0.3 is 4.74 Å². The van der Waals surface area contributed by atoms with Gasteiger partial charge in [-0.1, -0.05) is 30.3 Å². The number of anilines is 1. The summed E-state index contributed by atoms with van der Waals surface area (Å²) in [5.74, 6) is -0.712. The van der Waals surface area contributed by atoms with Crippen molar-refractivity contribution in [2.45, 2.75) is 25.6 Å². The number of carbonyl (C=O) groups excluding carboxylic acids is 2. The van der Waals surface area contributed by atoms with Gasteiger partial charge in [-0.2, -0.15) is 18.4 Å². The van der Waals surface area contributed by atoms with E-state index in [4.69, 9.17) is 10.00 Å². The maximum absolute atomic E-state index is 13.4. The van der Waals surface area contributed by atoms with Gasteiger partial charge in [-0.15, -0.1) is 0 Å². The Morgan fingerprint density at radius 2 is 1.80 bits per heavy atom. The van der Waals surface area contributed by atoms with Gasteiger partial charge in [0.2, 0.25) is 0 Å². The van der Waals surface area contributed by atoms with Gasteiger partial charge in [-0.25, -0.2) is 9.69 Å². The lowest BCUT2D eigenvalue weighted by molar-refractivity contribution is -0.137. The van der Waals surface area contributed by atoms with Crippen molar-refractivity contribution >= 4 is 17.6 Å². The van der Waals surface area contributed by atoms with Crippen molar-refractivity contribution < 1.29 is 27.5 Å². The highest BCUT2D eigenvalue weighted by Gasteiger charge is 2.56. The van der Waals surface area contributed by atoms with Crippen molar-refractivity contribution in [1.82, 2.24) is 4.90 Å². The number of rotatable bonds is 5. The summed E-state index contributed by atoms with van der Waals surface area (Å²) in [6, 6.07) is 11.9. The summed E-state index contributed by atoms with van der Waals surface area (Å²) in [7, 11) is 0. The van der Waals surface area contributed by atoms with Gasteiger partial charge in [0.1, 0.15) is 12.3 Å². The van der Waals surface area contributed by atoms with E-state index in [1.807, 2.05) is 0 Å². The summed E-state index contributed by atoms with van der Waals surface area (Å²) in [6.45, 7) is 3.30. The maximum Gasteiger partial charge on any atom is 0.417 e. The molecule has 30 heavy (non-hydrogen) atoms. The molecule has 0 aromatic heterocycles. The Morgan fingerprint density at radius 1 is 1.13 bits per heavy atom. The third kappa shape index (κ3) is 3.39. The van der Waals surface area contributed by atoms with Crippen molar-refractivity contribution in [3.63, 3.8) is 0 Å². The number of alkyl halides is 3. The quantitative estimate of drug-likeness (QED) is 0.682. The minimum Gasteiger partial charge on any atom is -0.361 e. The molecule has 156 valence electrons. The molecule has 0 aliphatic carbocycles. The molecule has 1 heterocycles. The summed E-state index contributed by atoms with van der Waals surface area (Å²) in [5.41, 5.74) is -3.05. The normalized spacial score (nSPS) is 19.3. The molecule has 0 N–H and O–H groups in total. The van der Waals surface area contributed by atoms with Gasteiger partial charge in [-0.05, 0) is 37.6 Å². The number of nitriles is 1. The predicted octanol–water partition coefficient (Wildman–Crippen LogP) is 4.26. The van der Waals surface area contributed by atoms with Gasteiger partial charge >= 0.3 is 12.2 Å². The average Bonchev–Trinajstić information content (AvgIpc) is 2.92. The number of urea groups is 1. The zero-order chi connectivity index (χ0) is 22.1. The lowest BCUT2D eigenvalue weighted by Crippen LogP contribution is -2.45. The van der Waals surface area contributed by atoms with Crippen LogP contribution in [-0.2, 0) is 21.2 Å². The Hall–Kier alpha value is -3.38. The summed E-state index contributed by atoms with van der Waals surface area (Å²) in [4.78, 5) is 28.4. The van der Waals surface area contributed by atoms with Crippen molar-refractivity contribution in [2.75, 3.05) is 18.2 Å². The van der Waals surface area contributed by atoms with Crippen LogP contribution < -0.4 is 4.90 Å². The molecule has 3 rings (SSSR count). The van der Waals surface area contributed by atoms with Crippen LogP contribution in [0.1, 0.15) is 30.5 Å². The molecule has 1 aliphatic rings. The number of hydrogen-bond donors (Lipinski definition) is 0. The molecular formula is C21H18F3N3O3. The van der Waals surface area contributed by atoms with E-state index >= 15 is 0 Å². The van der Waals surface area contributed by atoms with Crippen LogP contribution in [0.5, 0.6) is 0 Å². The number of halogens is 3. The third-order valence-electron chi connectivity index (χ3n) is 5.03. The molecule has 2 aromatic carbocycles. The Bertz CT molecular complexity index is 1020. The molecule has 1 saturated heterocycles. The summed E-state index contributed by atoms with van der Waals surface area (Å²) >= 11 is 0.